The first kappa shape index (κ1) is 21.7. The molecule has 0 aliphatic rings. The fraction of sp³-hybridized carbons (Fsp3) is 0.550. The van der Waals surface area contributed by atoms with E-state index in [0.29, 0.717) is 17.6 Å². The first-order valence-corrected chi connectivity index (χ1v) is 11.1. The molecule has 1 amide bonds. The molecule has 1 heterocycles. The van der Waals surface area contributed by atoms with E-state index in [2.05, 4.69) is 63.1 Å². The SMILES string of the molecule is Cc1cccc(Nc2nnc(SCC(=O)N(CC(C)C)CC(C)C)s2)c1C. The van der Waals surface area contributed by atoms with Gasteiger partial charge in [-0.3, -0.25) is 4.79 Å². The lowest BCUT2D eigenvalue weighted by molar-refractivity contribution is -0.129. The molecule has 1 aromatic heterocycles. The van der Waals surface area contributed by atoms with E-state index in [1.807, 2.05) is 17.0 Å². The average Bonchev–Trinajstić information content (AvgIpc) is 3.03. The van der Waals surface area contributed by atoms with Crippen LogP contribution in [-0.2, 0) is 4.79 Å². The van der Waals surface area contributed by atoms with Crippen molar-refractivity contribution < 1.29 is 4.79 Å². The highest BCUT2D eigenvalue weighted by Crippen LogP contribution is 2.29. The van der Waals surface area contributed by atoms with Gasteiger partial charge < -0.3 is 10.2 Å². The molecule has 1 aromatic carbocycles. The highest BCUT2D eigenvalue weighted by atomic mass is 32.2. The van der Waals surface area contributed by atoms with Crippen molar-refractivity contribution in [3.05, 3.63) is 29.3 Å². The summed E-state index contributed by atoms with van der Waals surface area (Å²) in [4.78, 5) is 14.6. The van der Waals surface area contributed by atoms with Crippen LogP contribution in [0.4, 0.5) is 10.8 Å². The highest BCUT2D eigenvalue weighted by Gasteiger charge is 2.17. The number of carbonyl (C=O) groups is 1. The third kappa shape index (κ3) is 6.81. The maximum absolute atomic E-state index is 12.6. The lowest BCUT2D eigenvalue weighted by atomic mass is 10.1. The van der Waals surface area contributed by atoms with Crippen molar-refractivity contribution in [3.63, 3.8) is 0 Å². The first-order valence-electron chi connectivity index (χ1n) is 9.33. The molecule has 0 fully saturated rings. The summed E-state index contributed by atoms with van der Waals surface area (Å²) < 4.78 is 0.810. The van der Waals surface area contributed by atoms with Gasteiger partial charge in [0.25, 0.3) is 0 Å². The van der Waals surface area contributed by atoms with Crippen molar-refractivity contribution in [2.45, 2.75) is 45.9 Å². The number of carbonyl (C=O) groups excluding carboxylic acids is 1. The molecule has 0 aliphatic heterocycles. The van der Waals surface area contributed by atoms with Gasteiger partial charge in [0, 0.05) is 18.8 Å². The second kappa shape index (κ2) is 10.1. The smallest absolute Gasteiger partial charge is 0.233 e. The lowest BCUT2D eigenvalue weighted by Gasteiger charge is -2.26. The Balaban J connectivity index is 1.94. The number of nitrogens with zero attached hydrogens (tertiary/aromatic N) is 3. The van der Waals surface area contributed by atoms with E-state index < -0.39 is 0 Å². The zero-order valence-corrected chi connectivity index (χ0v) is 18.7. The van der Waals surface area contributed by atoms with Gasteiger partial charge in [-0.05, 0) is 42.9 Å². The number of rotatable bonds is 9. The molecule has 148 valence electrons. The predicted octanol–water partition coefficient (Wildman–Crippen LogP) is 5.13. The molecular formula is C20H30N4OS2. The van der Waals surface area contributed by atoms with Crippen LogP contribution in [0.15, 0.2) is 22.5 Å². The maximum atomic E-state index is 12.6. The standard InChI is InChI=1S/C20H30N4OS2/c1-13(2)10-24(11-14(3)4)18(25)12-26-20-23-22-19(27-20)21-17-9-7-8-15(5)16(17)6/h7-9,13-14H,10-12H2,1-6H3,(H,21,22). The van der Waals surface area contributed by atoms with Crippen molar-refractivity contribution >= 4 is 39.8 Å². The molecule has 0 radical (unpaired) electrons. The van der Waals surface area contributed by atoms with E-state index in [4.69, 9.17) is 0 Å². The molecule has 2 aromatic rings. The molecule has 2 rings (SSSR count). The third-order valence-corrected chi connectivity index (χ3v) is 6.05. The summed E-state index contributed by atoms with van der Waals surface area (Å²) >= 11 is 2.95. The van der Waals surface area contributed by atoms with Crippen LogP contribution in [0.1, 0.15) is 38.8 Å². The Morgan fingerprint density at radius 2 is 1.81 bits per heavy atom. The van der Waals surface area contributed by atoms with Gasteiger partial charge in [-0.1, -0.05) is 62.9 Å². The fourth-order valence-electron chi connectivity index (χ4n) is 2.69. The van der Waals surface area contributed by atoms with Crippen LogP contribution in [-0.4, -0.2) is 39.8 Å². The van der Waals surface area contributed by atoms with E-state index in [-0.39, 0.29) is 5.91 Å². The van der Waals surface area contributed by atoms with Gasteiger partial charge in [-0.25, -0.2) is 0 Å². The Bertz CT molecular complexity index is 748. The summed E-state index contributed by atoms with van der Waals surface area (Å²) in [5, 5.41) is 12.5. The summed E-state index contributed by atoms with van der Waals surface area (Å²) in [7, 11) is 0. The highest BCUT2D eigenvalue weighted by molar-refractivity contribution is 8.01. The number of thioether (sulfide) groups is 1. The number of hydrogen-bond acceptors (Lipinski definition) is 6. The Labute approximate surface area is 171 Å². The monoisotopic (exact) mass is 406 g/mol. The molecule has 0 atom stereocenters. The molecule has 0 saturated heterocycles. The quantitative estimate of drug-likeness (QED) is 0.585. The van der Waals surface area contributed by atoms with Crippen molar-refractivity contribution in [3.8, 4) is 0 Å². The van der Waals surface area contributed by atoms with Crippen molar-refractivity contribution in [2.75, 3.05) is 24.2 Å². The van der Waals surface area contributed by atoms with Gasteiger partial charge in [-0.15, -0.1) is 10.2 Å². The number of nitrogens with one attached hydrogen (secondary N) is 1. The van der Waals surface area contributed by atoms with Gasteiger partial charge >= 0.3 is 0 Å². The van der Waals surface area contributed by atoms with Crippen LogP contribution in [0.2, 0.25) is 0 Å². The first-order chi connectivity index (χ1) is 12.8. The van der Waals surface area contributed by atoms with Gasteiger partial charge in [0.1, 0.15) is 0 Å². The average molecular weight is 407 g/mol. The summed E-state index contributed by atoms with van der Waals surface area (Å²) in [6.07, 6.45) is 0. The van der Waals surface area contributed by atoms with Gasteiger partial charge in [-0.2, -0.15) is 0 Å². The van der Waals surface area contributed by atoms with Gasteiger partial charge in [0.05, 0.1) is 5.75 Å². The third-order valence-electron chi connectivity index (χ3n) is 4.10. The lowest BCUT2D eigenvalue weighted by Crippen LogP contribution is -2.38. The number of aromatic nitrogens is 2. The molecule has 0 saturated carbocycles. The molecule has 0 unspecified atom stereocenters. The van der Waals surface area contributed by atoms with E-state index in [9.17, 15) is 4.79 Å². The molecule has 1 N–H and O–H groups in total. The van der Waals surface area contributed by atoms with E-state index >= 15 is 0 Å². The van der Waals surface area contributed by atoms with Crippen molar-refractivity contribution in [1.29, 1.82) is 0 Å². The molecule has 0 aliphatic carbocycles. The molecular weight excluding hydrogens is 376 g/mol. The minimum absolute atomic E-state index is 0.168. The summed E-state index contributed by atoms with van der Waals surface area (Å²) in [6.45, 7) is 14.3. The molecule has 7 heteroatoms. The van der Waals surface area contributed by atoms with Crippen molar-refractivity contribution in [2.24, 2.45) is 11.8 Å². The molecule has 5 nitrogen and oxygen atoms in total. The topological polar surface area (TPSA) is 58.1 Å². The van der Waals surface area contributed by atoms with Gasteiger partial charge in [0.2, 0.25) is 11.0 Å². The number of amides is 1. The molecule has 0 bridgehead atoms. The number of anilines is 2. The van der Waals surface area contributed by atoms with Crippen LogP contribution >= 0.6 is 23.1 Å². The molecule has 27 heavy (non-hydrogen) atoms. The Morgan fingerprint density at radius 1 is 1.15 bits per heavy atom. The van der Waals surface area contributed by atoms with Crippen molar-refractivity contribution in [1.82, 2.24) is 15.1 Å². The Morgan fingerprint density at radius 3 is 2.44 bits per heavy atom. The normalized spacial score (nSPS) is 11.3. The van der Waals surface area contributed by atoms with Crippen LogP contribution in [0, 0.1) is 25.7 Å². The predicted molar refractivity (Wildman–Crippen MR) is 116 cm³/mol. The number of hydrogen-bond donors (Lipinski definition) is 1. The van der Waals surface area contributed by atoms with Crippen LogP contribution in [0.5, 0.6) is 0 Å². The van der Waals surface area contributed by atoms with Crippen LogP contribution in [0.3, 0.4) is 0 Å². The Kier molecular flexibility index (Phi) is 8.10. The second-order valence-electron chi connectivity index (χ2n) is 7.62. The van der Waals surface area contributed by atoms with E-state index in [1.54, 1.807) is 0 Å². The second-order valence-corrected chi connectivity index (χ2v) is 9.82. The largest absolute Gasteiger partial charge is 0.341 e. The minimum Gasteiger partial charge on any atom is -0.341 e. The summed E-state index contributed by atoms with van der Waals surface area (Å²) in [5.74, 6) is 1.50. The van der Waals surface area contributed by atoms with Gasteiger partial charge in [0.15, 0.2) is 4.34 Å². The van der Waals surface area contributed by atoms with Crippen LogP contribution in [0.25, 0.3) is 0 Å². The summed E-state index contributed by atoms with van der Waals surface area (Å²) in [6, 6.07) is 6.15. The summed E-state index contributed by atoms with van der Waals surface area (Å²) in [5.41, 5.74) is 3.48. The minimum atomic E-state index is 0.168. The number of benzene rings is 1. The van der Waals surface area contributed by atoms with E-state index in [1.165, 1.54) is 34.2 Å². The zero-order valence-electron chi connectivity index (χ0n) is 17.1. The number of aryl methyl sites for hydroxylation is 1. The fourth-order valence-corrected chi connectivity index (χ4v) is 4.36. The molecule has 0 spiro atoms. The Hall–Kier alpha value is -1.60. The zero-order chi connectivity index (χ0) is 20.0. The van der Waals surface area contributed by atoms with E-state index in [0.717, 1.165) is 28.2 Å². The maximum Gasteiger partial charge on any atom is 0.233 e. The van der Waals surface area contributed by atoms with Crippen LogP contribution < -0.4 is 5.32 Å².